The van der Waals surface area contributed by atoms with Crippen LogP contribution in [0.5, 0.6) is 0 Å². The summed E-state index contributed by atoms with van der Waals surface area (Å²) in [7, 11) is -4.94. The van der Waals surface area contributed by atoms with Gasteiger partial charge in [-0.15, -0.1) is 0 Å². The molecule has 8 N–H and O–H groups in total. The molecule has 2 aromatic heterocycles. The number of aliphatic hydroxyl groups is 3. The third kappa shape index (κ3) is 4.43. The van der Waals surface area contributed by atoms with E-state index >= 15 is 0 Å². The summed E-state index contributed by atoms with van der Waals surface area (Å²) >= 11 is 0. The first-order valence-corrected chi connectivity index (χ1v) is 10.1. The maximum absolute atomic E-state index is 11.9. The lowest BCUT2D eigenvalue weighted by Gasteiger charge is -2.19. The number of phosphoric ester groups is 1. The van der Waals surface area contributed by atoms with Gasteiger partial charge in [-0.3, -0.25) is 14.0 Å². The number of nitrogens with two attached hydrogens (primary N) is 2. The Balaban J connectivity index is 1.67. The fourth-order valence-corrected chi connectivity index (χ4v) is 3.46. The summed E-state index contributed by atoms with van der Waals surface area (Å²) in [4.78, 5) is 33.1. The maximum atomic E-state index is 11.9. The van der Waals surface area contributed by atoms with Gasteiger partial charge in [0.25, 0.3) is 0 Å². The van der Waals surface area contributed by atoms with Crippen molar-refractivity contribution in [1.82, 2.24) is 19.5 Å². The van der Waals surface area contributed by atoms with E-state index in [9.17, 15) is 29.6 Å². The quantitative estimate of drug-likeness (QED) is 0.238. The number of rotatable bonds is 7. The summed E-state index contributed by atoms with van der Waals surface area (Å²) in [5.41, 5.74) is 11.5. The largest absolute Gasteiger partial charge is 0.529 e. The topological polar surface area (TPSA) is 238 Å². The van der Waals surface area contributed by atoms with Crippen LogP contribution in [0.25, 0.3) is 11.2 Å². The molecule has 0 saturated carbocycles. The van der Waals surface area contributed by atoms with Crippen LogP contribution >= 0.6 is 7.82 Å². The van der Waals surface area contributed by atoms with Gasteiger partial charge in [-0.1, -0.05) is 0 Å². The Hall–Kier alpha value is -2.23. The van der Waals surface area contributed by atoms with E-state index in [1.165, 1.54) is 24.1 Å². The van der Waals surface area contributed by atoms with Crippen molar-refractivity contribution >= 4 is 30.8 Å². The second kappa shape index (κ2) is 8.49. The van der Waals surface area contributed by atoms with Crippen LogP contribution in [0.4, 0.5) is 5.82 Å². The first-order valence-electron chi connectivity index (χ1n) is 8.61. The van der Waals surface area contributed by atoms with Crippen LogP contribution in [-0.4, -0.2) is 82.8 Å². The predicted octanol–water partition coefficient (Wildman–Crippen LogP) is -2.60. The van der Waals surface area contributed by atoms with Crippen LogP contribution in [0.2, 0.25) is 0 Å². The Morgan fingerprint density at radius 3 is 2.73 bits per heavy atom. The van der Waals surface area contributed by atoms with Gasteiger partial charge in [-0.05, 0) is 6.92 Å². The molecule has 3 rings (SSSR count). The Bertz CT molecular complexity index is 971. The molecule has 1 aliphatic rings. The molecule has 0 aliphatic carbocycles. The van der Waals surface area contributed by atoms with E-state index in [4.69, 9.17) is 16.2 Å². The van der Waals surface area contributed by atoms with Gasteiger partial charge in [-0.25, -0.2) is 24.3 Å². The molecule has 0 amide bonds. The van der Waals surface area contributed by atoms with E-state index in [2.05, 4.69) is 24.0 Å². The number of carbonyl (C=O) groups is 1. The number of imidazole rings is 1. The van der Waals surface area contributed by atoms with Crippen molar-refractivity contribution in [3.63, 3.8) is 0 Å². The number of carbonyl (C=O) groups excluding carboxylic acids is 1. The van der Waals surface area contributed by atoms with Crippen molar-refractivity contribution < 1.29 is 43.4 Å². The lowest BCUT2D eigenvalue weighted by molar-refractivity contribution is -0.140. The molecule has 3 heterocycles. The Morgan fingerprint density at radius 1 is 1.37 bits per heavy atom. The van der Waals surface area contributed by atoms with Crippen LogP contribution in [-0.2, 0) is 23.1 Å². The summed E-state index contributed by atoms with van der Waals surface area (Å²) in [6.07, 6.45) is -4.31. The third-order valence-corrected chi connectivity index (χ3v) is 5.28. The fourth-order valence-electron chi connectivity index (χ4n) is 2.72. The number of hydrogen-bond acceptors (Lipinski definition) is 13. The fraction of sp³-hybridized carbons (Fsp3) is 0.571. The van der Waals surface area contributed by atoms with E-state index in [-0.39, 0.29) is 17.0 Å². The molecule has 16 heteroatoms. The molecule has 7 atom stereocenters. The van der Waals surface area contributed by atoms with E-state index in [0.717, 1.165) is 0 Å². The normalized spacial score (nSPS) is 28.2. The lowest BCUT2D eigenvalue weighted by atomic mass is 10.1. The van der Waals surface area contributed by atoms with Gasteiger partial charge in [0.15, 0.2) is 17.7 Å². The maximum Gasteiger partial charge on any atom is 0.529 e. The van der Waals surface area contributed by atoms with Crippen molar-refractivity contribution in [2.45, 2.75) is 43.6 Å². The first kappa shape index (κ1) is 22.5. The zero-order valence-electron chi connectivity index (χ0n) is 15.5. The number of nitrogen functional groups attached to an aromatic ring is 1. The highest BCUT2D eigenvalue weighted by Crippen LogP contribution is 2.45. The number of aromatic nitrogens is 4. The molecule has 1 saturated heterocycles. The summed E-state index contributed by atoms with van der Waals surface area (Å²) in [6.45, 7) is 0.473. The van der Waals surface area contributed by atoms with Crippen LogP contribution in [0.15, 0.2) is 12.7 Å². The summed E-state index contributed by atoms with van der Waals surface area (Å²) in [5, 5.41) is 29.8. The number of anilines is 1. The molecule has 166 valence electrons. The van der Waals surface area contributed by atoms with Crippen LogP contribution in [0, 0.1) is 0 Å². The molecule has 1 aliphatic heterocycles. The minimum absolute atomic E-state index is 0.102. The van der Waals surface area contributed by atoms with E-state index in [1.54, 1.807) is 0 Å². The molecule has 0 aromatic carbocycles. The predicted molar refractivity (Wildman–Crippen MR) is 97.2 cm³/mol. The minimum atomic E-state index is -4.94. The Morgan fingerprint density at radius 2 is 2.07 bits per heavy atom. The lowest BCUT2D eigenvalue weighted by Crippen LogP contribution is -2.41. The first-order chi connectivity index (χ1) is 14.0. The molecule has 7 unspecified atom stereocenters. The average molecular weight is 448 g/mol. The molecule has 2 aromatic rings. The van der Waals surface area contributed by atoms with Gasteiger partial charge in [-0.2, -0.15) is 0 Å². The average Bonchev–Trinajstić information content (AvgIpc) is 3.22. The van der Waals surface area contributed by atoms with Crippen molar-refractivity contribution in [2.75, 3.05) is 12.3 Å². The zero-order chi connectivity index (χ0) is 22.2. The molecule has 0 radical (unpaired) electrons. The highest BCUT2D eigenvalue weighted by Gasteiger charge is 2.45. The SMILES string of the molecule is CC(O)C(N)C(=O)OP(=O)(O)OCC1OC(n2cnc3c(N)ncnc32)C(O)C1O. The van der Waals surface area contributed by atoms with Crippen molar-refractivity contribution in [3.8, 4) is 0 Å². The molecular weight excluding hydrogens is 427 g/mol. The molecule has 30 heavy (non-hydrogen) atoms. The van der Waals surface area contributed by atoms with Crippen LogP contribution in [0.1, 0.15) is 13.2 Å². The van der Waals surface area contributed by atoms with Crippen molar-refractivity contribution in [1.29, 1.82) is 0 Å². The van der Waals surface area contributed by atoms with Crippen molar-refractivity contribution in [3.05, 3.63) is 12.7 Å². The molecule has 0 spiro atoms. The number of nitrogens with zero attached hydrogens (tertiary/aromatic N) is 4. The monoisotopic (exact) mass is 448 g/mol. The van der Waals surface area contributed by atoms with Crippen molar-refractivity contribution in [2.24, 2.45) is 5.73 Å². The summed E-state index contributed by atoms with van der Waals surface area (Å²) in [6, 6.07) is -1.56. The van der Waals surface area contributed by atoms with Gasteiger partial charge < -0.3 is 36.0 Å². The Labute approximate surface area is 168 Å². The van der Waals surface area contributed by atoms with Gasteiger partial charge >= 0.3 is 13.8 Å². The standard InChI is InChI=1S/C14H21N6O9P/c1-5(21)7(15)14(24)29-30(25,26)27-2-6-9(22)10(23)13(28-6)20-4-19-8-11(16)17-3-18-12(8)20/h3-7,9-10,13,21-23H,2,15H2,1H3,(H,25,26)(H2,16,17,18). The van der Waals surface area contributed by atoms with Gasteiger partial charge in [0.2, 0.25) is 0 Å². The third-order valence-electron chi connectivity index (χ3n) is 4.40. The number of aliphatic hydroxyl groups excluding tert-OH is 3. The highest BCUT2D eigenvalue weighted by atomic mass is 31.2. The zero-order valence-corrected chi connectivity index (χ0v) is 16.4. The summed E-state index contributed by atoms with van der Waals surface area (Å²) < 4.78 is 27.7. The number of hydrogen-bond donors (Lipinski definition) is 6. The van der Waals surface area contributed by atoms with Gasteiger partial charge in [0.05, 0.1) is 19.0 Å². The molecule has 15 nitrogen and oxygen atoms in total. The molecule has 0 bridgehead atoms. The smallest absolute Gasteiger partial charge is 0.391 e. The second-order valence-corrected chi connectivity index (χ2v) is 7.95. The van der Waals surface area contributed by atoms with Gasteiger partial charge in [0.1, 0.15) is 36.2 Å². The highest BCUT2D eigenvalue weighted by molar-refractivity contribution is 7.48. The van der Waals surface area contributed by atoms with E-state index in [1.807, 2.05) is 0 Å². The van der Waals surface area contributed by atoms with Gasteiger partial charge in [0, 0.05) is 0 Å². The summed E-state index contributed by atoms with van der Waals surface area (Å²) in [5.74, 6) is -1.26. The van der Waals surface area contributed by atoms with E-state index < -0.39 is 57.1 Å². The second-order valence-electron chi connectivity index (χ2n) is 6.57. The number of phosphoric acid groups is 1. The Kier molecular flexibility index (Phi) is 6.35. The van der Waals surface area contributed by atoms with Crippen LogP contribution < -0.4 is 11.5 Å². The number of ether oxygens (including phenoxy) is 1. The number of fused-ring (bicyclic) bond motifs is 1. The molecule has 1 fully saturated rings. The molecular formula is C14H21N6O9P. The van der Waals surface area contributed by atoms with Crippen LogP contribution in [0.3, 0.4) is 0 Å². The van der Waals surface area contributed by atoms with E-state index in [0.29, 0.717) is 0 Å². The minimum Gasteiger partial charge on any atom is -0.391 e.